The summed E-state index contributed by atoms with van der Waals surface area (Å²) < 4.78 is 1.05. The van der Waals surface area contributed by atoms with Crippen molar-refractivity contribution in [1.29, 1.82) is 0 Å². The number of carbonyl (C=O) groups is 1. The lowest BCUT2D eigenvalue weighted by Gasteiger charge is -2.14. The number of hydrogen-bond acceptors (Lipinski definition) is 2. The average Bonchev–Trinajstić information content (AvgIpc) is 2.38. The molecule has 0 heterocycles. The molecule has 100 valence electrons. The first-order valence-corrected chi connectivity index (χ1v) is 6.84. The van der Waals surface area contributed by atoms with Gasteiger partial charge in [-0.05, 0) is 30.5 Å². The largest absolute Gasteiger partial charge is 0.394 e. The second kappa shape index (κ2) is 8.11. The molecule has 0 saturated carbocycles. The van der Waals surface area contributed by atoms with Gasteiger partial charge in [0.25, 0.3) is 0 Å². The Morgan fingerprint density at radius 1 is 1.39 bits per heavy atom. The first-order chi connectivity index (χ1) is 8.65. The zero-order chi connectivity index (χ0) is 13.4. The molecule has 0 spiro atoms. The van der Waals surface area contributed by atoms with Gasteiger partial charge in [-0.2, -0.15) is 0 Å². The van der Waals surface area contributed by atoms with E-state index in [0.717, 1.165) is 17.3 Å². The molecular formula is C13H19BrN2O2. The minimum atomic E-state index is -0.229. The molecule has 0 bridgehead atoms. The van der Waals surface area contributed by atoms with Crippen molar-refractivity contribution in [2.75, 3.05) is 13.2 Å². The van der Waals surface area contributed by atoms with Gasteiger partial charge in [-0.25, -0.2) is 4.79 Å². The van der Waals surface area contributed by atoms with Crippen molar-refractivity contribution in [3.8, 4) is 0 Å². The smallest absolute Gasteiger partial charge is 0.315 e. The molecule has 0 aromatic heterocycles. The van der Waals surface area contributed by atoms with Gasteiger partial charge in [0, 0.05) is 11.0 Å². The van der Waals surface area contributed by atoms with Crippen LogP contribution in [0.4, 0.5) is 4.79 Å². The zero-order valence-corrected chi connectivity index (χ0v) is 12.0. The summed E-state index contributed by atoms with van der Waals surface area (Å²) in [6, 6.07) is 7.60. The van der Waals surface area contributed by atoms with Crippen LogP contribution in [0.5, 0.6) is 0 Å². The van der Waals surface area contributed by atoms with E-state index < -0.39 is 0 Å². The Morgan fingerprint density at radius 3 is 2.61 bits per heavy atom. The Labute approximate surface area is 116 Å². The number of halogens is 1. The van der Waals surface area contributed by atoms with E-state index in [2.05, 4.69) is 26.6 Å². The molecule has 0 fully saturated rings. The first kappa shape index (κ1) is 15.0. The van der Waals surface area contributed by atoms with E-state index in [9.17, 15) is 4.79 Å². The normalized spacial score (nSPS) is 11.9. The van der Waals surface area contributed by atoms with Gasteiger partial charge in [0.15, 0.2) is 0 Å². The van der Waals surface area contributed by atoms with Crippen LogP contribution in [-0.2, 0) is 6.42 Å². The summed E-state index contributed by atoms with van der Waals surface area (Å²) >= 11 is 3.38. The van der Waals surface area contributed by atoms with E-state index in [1.54, 1.807) is 0 Å². The number of nitrogens with one attached hydrogen (secondary N) is 2. The quantitative estimate of drug-likeness (QED) is 0.752. The predicted octanol–water partition coefficient (Wildman–Crippen LogP) is 2.06. The number of aliphatic hydroxyl groups excluding tert-OH is 1. The molecule has 1 rings (SSSR count). The number of carbonyl (C=O) groups excluding carboxylic acids is 1. The van der Waals surface area contributed by atoms with Crippen molar-refractivity contribution >= 4 is 22.0 Å². The van der Waals surface area contributed by atoms with Gasteiger partial charge in [-0.1, -0.05) is 35.0 Å². The third-order valence-electron chi connectivity index (χ3n) is 2.66. The number of rotatable bonds is 6. The second-order valence-corrected chi connectivity index (χ2v) is 4.98. The summed E-state index contributed by atoms with van der Waals surface area (Å²) in [4.78, 5) is 11.5. The number of urea groups is 1. The standard InChI is InChI=1S/C13H19BrN2O2/c1-2-12(9-17)16-13(18)15-8-7-10-3-5-11(14)6-4-10/h3-6,12,17H,2,7-9H2,1H3,(H2,15,16,18). The Kier molecular flexibility index (Phi) is 6.75. The van der Waals surface area contributed by atoms with Gasteiger partial charge >= 0.3 is 6.03 Å². The highest BCUT2D eigenvalue weighted by atomic mass is 79.9. The third kappa shape index (κ3) is 5.51. The minimum absolute atomic E-state index is 0.0311. The van der Waals surface area contributed by atoms with Gasteiger partial charge in [0.05, 0.1) is 12.6 Å². The topological polar surface area (TPSA) is 61.4 Å². The lowest BCUT2D eigenvalue weighted by Crippen LogP contribution is -2.44. The van der Waals surface area contributed by atoms with Crippen LogP contribution in [0.2, 0.25) is 0 Å². The maximum absolute atomic E-state index is 11.5. The molecule has 18 heavy (non-hydrogen) atoms. The van der Waals surface area contributed by atoms with Crippen LogP contribution in [0.3, 0.4) is 0 Å². The predicted molar refractivity (Wildman–Crippen MR) is 75.5 cm³/mol. The van der Waals surface area contributed by atoms with E-state index in [1.807, 2.05) is 31.2 Å². The molecule has 0 aliphatic carbocycles. The summed E-state index contributed by atoms with van der Waals surface area (Å²) in [7, 11) is 0. The van der Waals surface area contributed by atoms with Gasteiger partial charge in [-0.15, -0.1) is 0 Å². The molecule has 0 radical (unpaired) electrons. The van der Waals surface area contributed by atoms with Gasteiger partial charge in [0.2, 0.25) is 0 Å². The number of benzene rings is 1. The zero-order valence-electron chi connectivity index (χ0n) is 10.4. The molecule has 0 saturated heterocycles. The van der Waals surface area contributed by atoms with E-state index in [1.165, 1.54) is 5.56 Å². The number of amides is 2. The van der Waals surface area contributed by atoms with Crippen LogP contribution in [-0.4, -0.2) is 30.3 Å². The molecule has 5 heteroatoms. The third-order valence-corrected chi connectivity index (χ3v) is 3.19. The summed E-state index contributed by atoms with van der Waals surface area (Å²) in [6.45, 7) is 2.47. The summed E-state index contributed by atoms with van der Waals surface area (Å²) in [5.41, 5.74) is 1.17. The van der Waals surface area contributed by atoms with Crippen molar-refractivity contribution in [2.45, 2.75) is 25.8 Å². The lowest BCUT2D eigenvalue weighted by molar-refractivity contribution is 0.214. The molecule has 1 unspecified atom stereocenters. The number of hydrogen-bond donors (Lipinski definition) is 3. The van der Waals surface area contributed by atoms with Crippen molar-refractivity contribution < 1.29 is 9.90 Å². The Morgan fingerprint density at radius 2 is 2.06 bits per heavy atom. The minimum Gasteiger partial charge on any atom is -0.394 e. The highest BCUT2D eigenvalue weighted by molar-refractivity contribution is 9.10. The summed E-state index contributed by atoms with van der Waals surface area (Å²) in [5, 5.41) is 14.4. The van der Waals surface area contributed by atoms with Crippen molar-refractivity contribution in [2.24, 2.45) is 0 Å². The van der Waals surface area contributed by atoms with E-state index in [0.29, 0.717) is 6.54 Å². The lowest BCUT2D eigenvalue weighted by atomic mass is 10.1. The van der Waals surface area contributed by atoms with Crippen molar-refractivity contribution in [3.05, 3.63) is 34.3 Å². The fourth-order valence-electron chi connectivity index (χ4n) is 1.48. The summed E-state index contributed by atoms with van der Waals surface area (Å²) in [6.07, 6.45) is 1.51. The van der Waals surface area contributed by atoms with E-state index in [4.69, 9.17) is 5.11 Å². The molecule has 1 aromatic rings. The first-order valence-electron chi connectivity index (χ1n) is 6.05. The molecule has 2 amide bonds. The van der Waals surface area contributed by atoms with E-state index in [-0.39, 0.29) is 18.7 Å². The van der Waals surface area contributed by atoms with Gasteiger partial charge in [0.1, 0.15) is 0 Å². The maximum atomic E-state index is 11.5. The fourth-order valence-corrected chi connectivity index (χ4v) is 1.75. The molecule has 4 nitrogen and oxygen atoms in total. The van der Waals surface area contributed by atoms with Crippen LogP contribution in [0.25, 0.3) is 0 Å². The van der Waals surface area contributed by atoms with Crippen LogP contribution < -0.4 is 10.6 Å². The Bertz CT molecular complexity index is 364. The average molecular weight is 315 g/mol. The molecule has 0 aliphatic rings. The Hall–Kier alpha value is -1.07. The Balaban J connectivity index is 2.25. The fraction of sp³-hybridized carbons (Fsp3) is 0.462. The highest BCUT2D eigenvalue weighted by Crippen LogP contribution is 2.10. The van der Waals surface area contributed by atoms with Gasteiger partial charge < -0.3 is 15.7 Å². The monoisotopic (exact) mass is 314 g/mol. The summed E-state index contributed by atoms with van der Waals surface area (Å²) in [5.74, 6) is 0. The van der Waals surface area contributed by atoms with E-state index >= 15 is 0 Å². The molecular weight excluding hydrogens is 296 g/mol. The van der Waals surface area contributed by atoms with Crippen LogP contribution >= 0.6 is 15.9 Å². The number of aliphatic hydroxyl groups is 1. The maximum Gasteiger partial charge on any atom is 0.315 e. The second-order valence-electron chi connectivity index (χ2n) is 4.06. The molecule has 0 aliphatic heterocycles. The van der Waals surface area contributed by atoms with Crippen LogP contribution in [0.1, 0.15) is 18.9 Å². The molecule has 1 aromatic carbocycles. The van der Waals surface area contributed by atoms with Crippen molar-refractivity contribution in [1.82, 2.24) is 10.6 Å². The van der Waals surface area contributed by atoms with Crippen LogP contribution in [0.15, 0.2) is 28.7 Å². The SMILES string of the molecule is CCC(CO)NC(=O)NCCc1ccc(Br)cc1. The molecule has 1 atom stereocenters. The van der Waals surface area contributed by atoms with Gasteiger partial charge in [-0.3, -0.25) is 0 Å². The highest BCUT2D eigenvalue weighted by Gasteiger charge is 2.07. The van der Waals surface area contributed by atoms with Crippen LogP contribution in [0, 0.1) is 0 Å². The molecule has 3 N–H and O–H groups in total. The van der Waals surface area contributed by atoms with Crippen molar-refractivity contribution in [3.63, 3.8) is 0 Å².